The summed E-state index contributed by atoms with van der Waals surface area (Å²) in [6.07, 6.45) is 0. The first kappa shape index (κ1) is 23.3. The fraction of sp³-hybridized carbons (Fsp3) is 0.0417. The fourth-order valence-corrected chi connectivity index (χ4v) is 5.01. The van der Waals surface area contributed by atoms with Gasteiger partial charge in [-0.2, -0.15) is 5.10 Å². The van der Waals surface area contributed by atoms with E-state index in [9.17, 15) is 9.59 Å². The van der Waals surface area contributed by atoms with Gasteiger partial charge in [0.1, 0.15) is 4.88 Å². The van der Waals surface area contributed by atoms with E-state index in [4.69, 9.17) is 34.8 Å². The minimum absolute atomic E-state index is 0.261. The predicted octanol–water partition coefficient (Wildman–Crippen LogP) is 7.27. The number of carbonyl (C=O) groups excluding carboxylic acids is 2. The van der Waals surface area contributed by atoms with E-state index in [1.165, 1.54) is 17.4 Å². The minimum Gasteiger partial charge on any atom is -0.322 e. The maximum absolute atomic E-state index is 12.6. The lowest BCUT2D eigenvalue weighted by molar-refractivity contribution is 0.0958. The molecule has 4 aromatic rings. The zero-order valence-electron chi connectivity index (χ0n) is 17.2. The van der Waals surface area contributed by atoms with Crippen molar-refractivity contribution in [2.75, 3.05) is 5.32 Å². The van der Waals surface area contributed by atoms with Gasteiger partial charge in [-0.25, -0.2) is 5.43 Å². The SMILES string of the molecule is C/C(=N/NC(=O)c1sc2ccccc2c1Cl)c1cccc(NC(=O)c2ccc(Cl)cc2Cl)c1. The number of amides is 2. The second-order valence-corrected chi connectivity index (χ2v) is 9.31. The highest BCUT2D eigenvalue weighted by Gasteiger charge is 2.17. The van der Waals surface area contributed by atoms with Crippen LogP contribution in [0.5, 0.6) is 0 Å². The zero-order valence-corrected chi connectivity index (χ0v) is 20.2. The molecule has 2 amide bonds. The van der Waals surface area contributed by atoms with Gasteiger partial charge in [-0.05, 0) is 48.9 Å². The van der Waals surface area contributed by atoms with Gasteiger partial charge in [0.05, 0.1) is 21.3 Å². The molecule has 0 spiro atoms. The van der Waals surface area contributed by atoms with E-state index in [1.54, 1.807) is 37.3 Å². The molecule has 2 N–H and O–H groups in total. The van der Waals surface area contributed by atoms with Crippen molar-refractivity contribution in [3.63, 3.8) is 0 Å². The molecular weight excluding hydrogens is 501 g/mol. The van der Waals surface area contributed by atoms with Crippen molar-refractivity contribution in [1.82, 2.24) is 5.43 Å². The molecule has 33 heavy (non-hydrogen) atoms. The van der Waals surface area contributed by atoms with Crippen LogP contribution < -0.4 is 10.7 Å². The molecule has 0 fully saturated rings. The molecule has 0 saturated heterocycles. The summed E-state index contributed by atoms with van der Waals surface area (Å²) in [5.74, 6) is -0.751. The van der Waals surface area contributed by atoms with Crippen LogP contribution in [-0.2, 0) is 0 Å². The Kier molecular flexibility index (Phi) is 7.00. The largest absolute Gasteiger partial charge is 0.322 e. The van der Waals surface area contributed by atoms with Crippen molar-refractivity contribution < 1.29 is 9.59 Å². The van der Waals surface area contributed by atoms with Crippen molar-refractivity contribution in [2.24, 2.45) is 5.10 Å². The molecule has 0 unspecified atom stereocenters. The molecular formula is C24H16Cl3N3O2S. The summed E-state index contributed by atoms with van der Waals surface area (Å²) < 4.78 is 0.928. The zero-order chi connectivity index (χ0) is 23.5. The number of nitrogens with one attached hydrogen (secondary N) is 2. The summed E-state index contributed by atoms with van der Waals surface area (Å²) in [5, 5.41) is 8.95. The molecule has 0 atom stereocenters. The van der Waals surface area contributed by atoms with Gasteiger partial charge < -0.3 is 5.32 Å². The Morgan fingerprint density at radius 1 is 0.909 bits per heavy atom. The smallest absolute Gasteiger partial charge is 0.283 e. The summed E-state index contributed by atoms with van der Waals surface area (Å²) in [7, 11) is 0. The number of rotatable bonds is 5. The first-order chi connectivity index (χ1) is 15.8. The topological polar surface area (TPSA) is 70.6 Å². The summed E-state index contributed by atoms with van der Waals surface area (Å²) >= 11 is 19.7. The third kappa shape index (κ3) is 5.20. The lowest BCUT2D eigenvalue weighted by atomic mass is 10.1. The van der Waals surface area contributed by atoms with Gasteiger partial charge in [-0.3, -0.25) is 9.59 Å². The molecule has 1 heterocycles. The number of fused-ring (bicyclic) bond motifs is 1. The average Bonchev–Trinajstić information content (AvgIpc) is 3.14. The second kappa shape index (κ2) is 9.93. The highest BCUT2D eigenvalue weighted by Crippen LogP contribution is 2.35. The highest BCUT2D eigenvalue weighted by atomic mass is 35.5. The molecule has 0 aliphatic heterocycles. The lowest BCUT2D eigenvalue weighted by Crippen LogP contribution is -2.18. The van der Waals surface area contributed by atoms with Crippen LogP contribution in [0.3, 0.4) is 0 Å². The van der Waals surface area contributed by atoms with E-state index < -0.39 is 0 Å². The molecule has 0 saturated carbocycles. The molecule has 166 valence electrons. The maximum Gasteiger partial charge on any atom is 0.283 e. The van der Waals surface area contributed by atoms with Gasteiger partial charge in [-0.15, -0.1) is 11.3 Å². The van der Waals surface area contributed by atoms with E-state index in [1.807, 2.05) is 30.3 Å². The van der Waals surface area contributed by atoms with Gasteiger partial charge in [-0.1, -0.05) is 65.1 Å². The Balaban J connectivity index is 1.48. The highest BCUT2D eigenvalue weighted by molar-refractivity contribution is 7.21. The van der Waals surface area contributed by atoms with Crippen LogP contribution in [0.2, 0.25) is 15.1 Å². The summed E-state index contributed by atoms with van der Waals surface area (Å²) in [6.45, 7) is 1.75. The van der Waals surface area contributed by atoms with E-state index in [2.05, 4.69) is 15.8 Å². The number of hydrazone groups is 1. The van der Waals surface area contributed by atoms with E-state index in [0.717, 1.165) is 15.6 Å². The normalized spacial score (nSPS) is 11.5. The lowest BCUT2D eigenvalue weighted by Gasteiger charge is -2.09. The van der Waals surface area contributed by atoms with E-state index in [0.29, 0.717) is 31.9 Å². The standard InChI is InChI=1S/C24H16Cl3N3O2S/c1-13(29-30-24(32)22-21(27)18-7-2-3-8-20(18)33-22)14-5-4-6-16(11-14)28-23(31)17-10-9-15(25)12-19(17)26/h2-12H,1H3,(H,28,31)(H,30,32)/b29-13-. The Labute approximate surface area is 209 Å². The van der Waals surface area contributed by atoms with Crippen LogP contribution in [0.4, 0.5) is 5.69 Å². The van der Waals surface area contributed by atoms with E-state index >= 15 is 0 Å². The third-order valence-corrected chi connectivity index (χ3v) is 7.00. The van der Waals surface area contributed by atoms with Crippen molar-refractivity contribution in [1.29, 1.82) is 0 Å². The summed E-state index contributed by atoms with van der Waals surface area (Å²) in [6, 6.07) is 19.3. The number of hydrogen-bond donors (Lipinski definition) is 2. The molecule has 0 aliphatic carbocycles. The number of carbonyl (C=O) groups is 2. The van der Waals surface area contributed by atoms with Gasteiger partial charge in [0.25, 0.3) is 11.8 Å². The number of benzene rings is 3. The van der Waals surface area contributed by atoms with Crippen LogP contribution in [0.15, 0.2) is 71.8 Å². The number of nitrogens with zero attached hydrogens (tertiary/aromatic N) is 1. The molecule has 3 aromatic carbocycles. The number of thiophene rings is 1. The van der Waals surface area contributed by atoms with Crippen LogP contribution in [0.1, 0.15) is 32.5 Å². The van der Waals surface area contributed by atoms with Gasteiger partial charge in [0.15, 0.2) is 0 Å². The van der Waals surface area contributed by atoms with Gasteiger partial charge in [0.2, 0.25) is 0 Å². The molecule has 0 radical (unpaired) electrons. The first-order valence-electron chi connectivity index (χ1n) is 9.72. The van der Waals surface area contributed by atoms with Crippen molar-refractivity contribution in [3.8, 4) is 0 Å². The number of anilines is 1. The number of hydrogen-bond acceptors (Lipinski definition) is 4. The second-order valence-electron chi connectivity index (χ2n) is 7.04. The fourth-order valence-electron chi connectivity index (χ4n) is 3.10. The van der Waals surface area contributed by atoms with Crippen LogP contribution in [-0.4, -0.2) is 17.5 Å². The Morgan fingerprint density at radius 3 is 2.45 bits per heavy atom. The molecule has 0 bridgehead atoms. The monoisotopic (exact) mass is 515 g/mol. The quantitative estimate of drug-likeness (QED) is 0.216. The molecule has 9 heteroatoms. The predicted molar refractivity (Wildman–Crippen MR) is 137 cm³/mol. The van der Waals surface area contributed by atoms with Crippen molar-refractivity contribution in [2.45, 2.75) is 6.92 Å². The maximum atomic E-state index is 12.6. The van der Waals surface area contributed by atoms with Gasteiger partial charge in [0, 0.05) is 20.8 Å². The first-order valence-corrected chi connectivity index (χ1v) is 11.7. The average molecular weight is 517 g/mol. The van der Waals surface area contributed by atoms with Crippen molar-refractivity contribution >= 4 is 79.4 Å². The van der Waals surface area contributed by atoms with Crippen molar-refractivity contribution in [3.05, 3.63) is 97.8 Å². The molecule has 5 nitrogen and oxygen atoms in total. The molecule has 0 aliphatic rings. The molecule has 4 rings (SSSR count). The van der Waals surface area contributed by atoms with Crippen LogP contribution in [0.25, 0.3) is 10.1 Å². The summed E-state index contributed by atoms with van der Waals surface area (Å²) in [5.41, 5.74) is 4.69. The number of halogens is 3. The Morgan fingerprint density at radius 2 is 1.70 bits per heavy atom. The third-order valence-electron chi connectivity index (χ3n) is 4.78. The van der Waals surface area contributed by atoms with Crippen LogP contribution in [0, 0.1) is 0 Å². The summed E-state index contributed by atoms with van der Waals surface area (Å²) in [4.78, 5) is 25.6. The molecule has 1 aromatic heterocycles. The van der Waals surface area contributed by atoms with Crippen LogP contribution >= 0.6 is 46.1 Å². The van der Waals surface area contributed by atoms with Gasteiger partial charge >= 0.3 is 0 Å². The Hall–Kier alpha value is -2.90. The minimum atomic E-state index is -0.387. The van der Waals surface area contributed by atoms with E-state index in [-0.39, 0.29) is 16.8 Å². The Bertz CT molecular complexity index is 1420.